The van der Waals surface area contributed by atoms with Crippen molar-refractivity contribution in [3.63, 3.8) is 0 Å². The Hall–Kier alpha value is -2.13. The number of rotatable bonds is 6. The molecule has 0 atom stereocenters. The Bertz CT molecular complexity index is 1260. The second kappa shape index (κ2) is 10.4. The quantitative estimate of drug-likeness (QED) is 0.267. The van der Waals surface area contributed by atoms with Crippen LogP contribution in [0.4, 0.5) is 9.18 Å². The largest absolute Gasteiger partial charge is 0.486 e. The maximum atomic E-state index is 14.0. The van der Waals surface area contributed by atoms with Crippen LogP contribution in [-0.2, 0) is 17.9 Å². The summed E-state index contributed by atoms with van der Waals surface area (Å²) in [7, 11) is 0. The van der Waals surface area contributed by atoms with Gasteiger partial charge in [0.1, 0.15) is 18.2 Å². The second-order valence-corrected chi connectivity index (χ2v) is 10.2. The van der Waals surface area contributed by atoms with Gasteiger partial charge in [0.05, 0.1) is 20.4 Å². The molecule has 4 nitrogen and oxygen atoms in total. The molecule has 33 heavy (non-hydrogen) atoms. The fourth-order valence-electron chi connectivity index (χ4n) is 3.15. The Morgan fingerprint density at radius 2 is 1.64 bits per heavy atom. The molecular formula is C24H15Br2ClFNO3S. The van der Waals surface area contributed by atoms with Gasteiger partial charge in [-0.3, -0.25) is 14.5 Å². The maximum absolute atomic E-state index is 14.0. The highest BCUT2D eigenvalue weighted by molar-refractivity contribution is 9.11. The molecule has 0 aromatic heterocycles. The van der Waals surface area contributed by atoms with Crippen LogP contribution in [0, 0.1) is 5.82 Å². The van der Waals surface area contributed by atoms with E-state index in [4.69, 9.17) is 16.3 Å². The van der Waals surface area contributed by atoms with Crippen molar-refractivity contribution in [2.75, 3.05) is 0 Å². The van der Waals surface area contributed by atoms with Gasteiger partial charge in [-0.05, 0) is 79.5 Å². The van der Waals surface area contributed by atoms with Gasteiger partial charge in [-0.1, -0.05) is 48.0 Å². The lowest BCUT2D eigenvalue weighted by atomic mass is 10.2. The first-order chi connectivity index (χ1) is 15.8. The summed E-state index contributed by atoms with van der Waals surface area (Å²) in [6, 6.07) is 17.1. The van der Waals surface area contributed by atoms with Gasteiger partial charge in [-0.25, -0.2) is 4.39 Å². The minimum atomic E-state index is -0.459. The summed E-state index contributed by atoms with van der Waals surface area (Å²) < 4.78 is 21.2. The molecular weight excluding hydrogens is 597 g/mol. The van der Waals surface area contributed by atoms with Crippen molar-refractivity contribution in [3.8, 4) is 5.75 Å². The standard InChI is InChI=1S/C24H15Br2ClFNO3S/c25-17-9-14(10-18(26)22(17)32-13-16-6-1-3-7-19(16)27)11-21-23(30)29(24(31)33-21)12-15-5-2-4-8-20(15)28/h1-11H,12-13H2/b21-11-. The van der Waals surface area contributed by atoms with Crippen molar-refractivity contribution in [2.24, 2.45) is 0 Å². The third kappa shape index (κ3) is 5.51. The number of hydrogen-bond donors (Lipinski definition) is 0. The highest BCUT2D eigenvalue weighted by Crippen LogP contribution is 2.38. The molecule has 1 aliphatic rings. The van der Waals surface area contributed by atoms with Crippen LogP contribution in [0.2, 0.25) is 5.02 Å². The smallest absolute Gasteiger partial charge is 0.293 e. The number of imide groups is 1. The predicted molar refractivity (Wildman–Crippen MR) is 136 cm³/mol. The van der Waals surface area contributed by atoms with Crippen LogP contribution in [0.5, 0.6) is 5.75 Å². The van der Waals surface area contributed by atoms with Gasteiger partial charge >= 0.3 is 0 Å². The lowest BCUT2D eigenvalue weighted by Crippen LogP contribution is -2.27. The van der Waals surface area contributed by atoms with E-state index in [1.54, 1.807) is 42.5 Å². The lowest BCUT2D eigenvalue weighted by Gasteiger charge is -2.13. The summed E-state index contributed by atoms with van der Waals surface area (Å²) in [4.78, 5) is 26.5. The fraction of sp³-hybridized carbons (Fsp3) is 0.0833. The molecule has 1 fully saturated rings. The van der Waals surface area contributed by atoms with Gasteiger partial charge in [0.2, 0.25) is 0 Å². The van der Waals surface area contributed by atoms with E-state index in [1.807, 2.05) is 18.2 Å². The molecule has 168 valence electrons. The van der Waals surface area contributed by atoms with Crippen molar-refractivity contribution in [3.05, 3.63) is 102 Å². The van der Waals surface area contributed by atoms with Gasteiger partial charge in [0, 0.05) is 16.1 Å². The minimum Gasteiger partial charge on any atom is -0.486 e. The Balaban J connectivity index is 1.52. The summed E-state index contributed by atoms with van der Waals surface area (Å²) >= 11 is 14.0. The van der Waals surface area contributed by atoms with E-state index in [-0.39, 0.29) is 23.6 Å². The van der Waals surface area contributed by atoms with Crippen molar-refractivity contribution in [2.45, 2.75) is 13.2 Å². The first-order valence-corrected chi connectivity index (χ1v) is 12.5. The Labute approximate surface area is 216 Å². The number of thioether (sulfide) groups is 1. The van der Waals surface area contributed by atoms with Crippen LogP contribution in [-0.4, -0.2) is 16.0 Å². The summed E-state index contributed by atoms with van der Waals surface area (Å²) in [6.45, 7) is 0.169. The van der Waals surface area contributed by atoms with Crippen LogP contribution in [0.25, 0.3) is 6.08 Å². The van der Waals surface area contributed by atoms with E-state index in [0.29, 0.717) is 25.3 Å². The number of halogens is 4. The fourth-order valence-corrected chi connectivity index (χ4v) is 5.63. The Morgan fingerprint density at radius 1 is 1.00 bits per heavy atom. The van der Waals surface area contributed by atoms with Crippen LogP contribution >= 0.6 is 55.2 Å². The summed E-state index contributed by atoms with van der Waals surface area (Å²) in [5, 5.41) is 0.180. The topological polar surface area (TPSA) is 46.6 Å². The second-order valence-electron chi connectivity index (χ2n) is 7.05. The number of carbonyl (C=O) groups is 2. The zero-order valence-corrected chi connectivity index (χ0v) is 21.6. The molecule has 0 unspecified atom stereocenters. The molecule has 0 aliphatic carbocycles. The molecule has 0 radical (unpaired) electrons. The van der Waals surface area contributed by atoms with E-state index in [1.165, 1.54) is 6.07 Å². The van der Waals surface area contributed by atoms with Crippen molar-refractivity contribution in [1.29, 1.82) is 0 Å². The predicted octanol–water partition coefficient (Wildman–Crippen LogP) is 7.82. The summed E-state index contributed by atoms with van der Waals surface area (Å²) in [6.07, 6.45) is 1.62. The van der Waals surface area contributed by atoms with Crippen LogP contribution in [0.1, 0.15) is 16.7 Å². The molecule has 0 spiro atoms. The van der Waals surface area contributed by atoms with E-state index < -0.39 is 17.0 Å². The molecule has 9 heteroatoms. The molecule has 1 aliphatic heterocycles. The molecule has 3 aromatic carbocycles. The molecule has 0 bridgehead atoms. The highest BCUT2D eigenvalue weighted by atomic mass is 79.9. The van der Waals surface area contributed by atoms with Crippen molar-refractivity contribution < 1.29 is 18.7 Å². The highest BCUT2D eigenvalue weighted by Gasteiger charge is 2.35. The first-order valence-electron chi connectivity index (χ1n) is 9.67. The van der Waals surface area contributed by atoms with Crippen LogP contribution < -0.4 is 4.74 Å². The van der Waals surface area contributed by atoms with Crippen molar-refractivity contribution >= 4 is 72.4 Å². The summed E-state index contributed by atoms with van der Waals surface area (Å²) in [5.41, 5.74) is 1.83. The van der Waals surface area contributed by atoms with Crippen LogP contribution in [0.3, 0.4) is 0 Å². The monoisotopic (exact) mass is 609 g/mol. The van der Waals surface area contributed by atoms with Crippen LogP contribution in [0.15, 0.2) is 74.5 Å². The third-order valence-corrected chi connectivity index (χ3v) is 7.26. The molecule has 1 saturated heterocycles. The minimum absolute atomic E-state index is 0.114. The lowest BCUT2D eigenvalue weighted by molar-refractivity contribution is -0.123. The molecule has 0 N–H and O–H groups in total. The molecule has 2 amide bonds. The number of hydrogen-bond acceptors (Lipinski definition) is 4. The number of nitrogens with zero attached hydrogens (tertiary/aromatic N) is 1. The van der Waals surface area contributed by atoms with Gasteiger partial charge < -0.3 is 4.74 Å². The summed E-state index contributed by atoms with van der Waals surface area (Å²) in [5.74, 6) is -0.333. The van der Waals surface area contributed by atoms with E-state index in [9.17, 15) is 14.0 Å². The number of ether oxygens (including phenoxy) is 1. The zero-order chi connectivity index (χ0) is 23.5. The third-order valence-electron chi connectivity index (χ3n) is 4.81. The van der Waals surface area contributed by atoms with Gasteiger partial charge in [-0.15, -0.1) is 0 Å². The molecule has 4 rings (SSSR count). The maximum Gasteiger partial charge on any atom is 0.293 e. The van der Waals surface area contributed by atoms with E-state index in [0.717, 1.165) is 22.2 Å². The Kier molecular flexibility index (Phi) is 7.58. The van der Waals surface area contributed by atoms with E-state index >= 15 is 0 Å². The normalized spacial score (nSPS) is 14.9. The number of amides is 2. The van der Waals surface area contributed by atoms with Crippen molar-refractivity contribution in [1.82, 2.24) is 4.90 Å². The first kappa shape index (κ1) is 24.0. The SMILES string of the molecule is O=C1S/C(=C\c2cc(Br)c(OCc3ccccc3Cl)c(Br)c2)C(=O)N1Cc1ccccc1F. The van der Waals surface area contributed by atoms with E-state index in [2.05, 4.69) is 31.9 Å². The average Bonchev–Trinajstić information content (AvgIpc) is 3.03. The van der Waals surface area contributed by atoms with Gasteiger partial charge in [0.25, 0.3) is 11.1 Å². The molecule has 0 saturated carbocycles. The molecule has 1 heterocycles. The molecule has 3 aromatic rings. The van der Waals surface area contributed by atoms with Gasteiger partial charge in [-0.2, -0.15) is 0 Å². The average molecular weight is 612 g/mol. The van der Waals surface area contributed by atoms with Gasteiger partial charge in [0.15, 0.2) is 0 Å². The number of carbonyl (C=O) groups excluding carboxylic acids is 2. The number of benzene rings is 3. The zero-order valence-electron chi connectivity index (χ0n) is 16.9. The Morgan fingerprint density at radius 3 is 2.30 bits per heavy atom.